The van der Waals surface area contributed by atoms with Crippen molar-refractivity contribution in [1.82, 2.24) is 10.6 Å². The Kier molecular flexibility index (Phi) is 5.39. The molecular weight excluding hydrogens is 258 g/mol. The molecule has 0 heterocycles. The van der Waals surface area contributed by atoms with E-state index < -0.39 is 11.7 Å². The maximum atomic E-state index is 11.6. The van der Waals surface area contributed by atoms with Crippen LogP contribution in [0.5, 0.6) is 0 Å². The third kappa shape index (κ3) is 5.36. The van der Waals surface area contributed by atoms with Gasteiger partial charge in [-0.05, 0) is 39.5 Å². The molecule has 0 radical (unpaired) electrons. The molecule has 1 fully saturated rings. The second kappa shape index (κ2) is 6.43. The molecule has 0 bridgehead atoms. The van der Waals surface area contributed by atoms with Crippen LogP contribution in [0.2, 0.25) is 0 Å². The molecule has 1 rings (SSSR count). The fourth-order valence-electron chi connectivity index (χ4n) is 2.20. The quantitative estimate of drug-likeness (QED) is 0.706. The Bertz CT molecular complexity index is 357. The Labute approximate surface area is 120 Å². The van der Waals surface area contributed by atoms with Crippen molar-refractivity contribution in [3.8, 4) is 0 Å². The zero-order valence-corrected chi connectivity index (χ0v) is 13.0. The molecule has 0 spiro atoms. The number of primary amides is 1. The van der Waals surface area contributed by atoms with Crippen molar-refractivity contribution in [1.29, 1.82) is 0 Å². The van der Waals surface area contributed by atoms with Gasteiger partial charge in [0.1, 0.15) is 5.60 Å². The first-order chi connectivity index (χ1) is 9.08. The lowest BCUT2D eigenvalue weighted by Gasteiger charge is -2.39. The van der Waals surface area contributed by atoms with Gasteiger partial charge >= 0.3 is 6.09 Å². The molecule has 1 aliphatic rings. The summed E-state index contributed by atoms with van der Waals surface area (Å²) in [6.45, 7) is 9.41. The second-order valence-electron chi connectivity index (χ2n) is 6.80. The van der Waals surface area contributed by atoms with E-state index in [1.54, 1.807) is 0 Å². The van der Waals surface area contributed by atoms with Crippen molar-refractivity contribution in [3.63, 3.8) is 0 Å². The van der Waals surface area contributed by atoms with Crippen LogP contribution >= 0.6 is 0 Å². The molecule has 1 unspecified atom stereocenters. The molecule has 116 valence electrons. The summed E-state index contributed by atoms with van der Waals surface area (Å²) in [7, 11) is 0. The molecule has 20 heavy (non-hydrogen) atoms. The molecule has 0 aromatic rings. The smallest absolute Gasteiger partial charge is 0.407 e. The van der Waals surface area contributed by atoms with Gasteiger partial charge in [0.05, 0.1) is 6.04 Å². The number of carbonyl (C=O) groups is 2. The summed E-state index contributed by atoms with van der Waals surface area (Å²) >= 11 is 0. The molecule has 4 N–H and O–H groups in total. The average Bonchev–Trinajstić information content (AvgIpc) is 2.16. The van der Waals surface area contributed by atoms with Crippen LogP contribution in [0.4, 0.5) is 4.79 Å². The topological polar surface area (TPSA) is 93.4 Å². The Morgan fingerprint density at radius 1 is 1.20 bits per heavy atom. The van der Waals surface area contributed by atoms with E-state index >= 15 is 0 Å². The maximum Gasteiger partial charge on any atom is 0.407 e. The number of amides is 2. The molecule has 0 saturated heterocycles. The van der Waals surface area contributed by atoms with Crippen molar-refractivity contribution in [2.75, 3.05) is 0 Å². The Morgan fingerprint density at radius 2 is 1.75 bits per heavy atom. The summed E-state index contributed by atoms with van der Waals surface area (Å²) in [5.41, 5.74) is 4.87. The summed E-state index contributed by atoms with van der Waals surface area (Å²) in [6.07, 6.45) is 1.18. The third-order valence-electron chi connectivity index (χ3n) is 3.25. The molecule has 2 amide bonds. The van der Waals surface area contributed by atoms with Gasteiger partial charge < -0.3 is 21.1 Å². The summed E-state index contributed by atoms with van der Waals surface area (Å²) in [6, 6.07) is 0.000326. The summed E-state index contributed by atoms with van der Waals surface area (Å²) < 4.78 is 5.19. The Morgan fingerprint density at radius 3 is 2.15 bits per heavy atom. The molecule has 6 nitrogen and oxygen atoms in total. The fourth-order valence-corrected chi connectivity index (χ4v) is 2.20. The van der Waals surface area contributed by atoms with Gasteiger partial charge in [0.2, 0.25) is 5.91 Å². The Balaban J connectivity index is 2.29. The largest absolute Gasteiger partial charge is 0.444 e. The first kappa shape index (κ1) is 16.8. The highest BCUT2D eigenvalue weighted by molar-refractivity contribution is 5.80. The minimum atomic E-state index is -0.486. The SMILES string of the molecule is CC(C)C(NC1CC(NC(=O)OC(C)(C)C)C1)C(N)=O. The number of rotatable bonds is 5. The highest BCUT2D eigenvalue weighted by Gasteiger charge is 2.34. The van der Waals surface area contributed by atoms with Crippen LogP contribution in [0, 0.1) is 5.92 Å². The van der Waals surface area contributed by atoms with Gasteiger partial charge in [-0.25, -0.2) is 4.79 Å². The minimum absolute atomic E-state index is 0.100. The highest BCUT2D eigenvalue weighted by Crippen LogP contribution is 2.22. The molecule has 0 aromatic heterocycles. The van der Waals surface area contributed by atoms with Crippen LogP contribution in [0.3, 0.4) is 0 Å². The molecule has 6 heteroatoms. The number of alkyl carbamates (subject to hydrolysis) is 1. The van der Waals surface area contributed by atoms with Crippen LogP contribution in [0.15, 0.2) is 0 Å². The summed E-state index contributed by atoms with van der Waals surface area (Å²) in [4.78, 5) is 22.9. The van der Waals surface area contributed by atoms with E-state index in [0.29, 0.717) is 0 Å². The van der Waals surface area contributed by atoms with E-state index in [1.165, 1.54) is 0 Å². The number of hydrogen-bond acceptors (Lipinski definition) is 4. The number of ether oxygens (including phenoxy) is 1. The van der Waals surface area contributed by atoms with Crippen LogP contribution in [0.25, 0.3) is 0 Å². The lowest BCUT2D eigenvalue weighted by atomic mass is 9.85. The summed E-state index contributed by atoms with van der Waals surface area (Å²) in [5.74, 6) is -0.172. The lowest BCUT2D eigenvalue weighted by molar-refractivity contribution is -0.121. The molecule has 1 atom stereocenters. The van der Waals surface area contributed by atoms with Gasteiger partial charge in [0, 0.05) is 12.1 Å². The van der Waals surface area contributed by atoms with Crippen LogP contribution in [-0.4, -0.2) is 35.7 Å². The van der Waals surface area contributed by atoms with Gasteiger partial charge in [0.25, 0.3) is 0 Å². The average molecular weight is 285 g/mol. The summed E-state index contributed by atoms with van der Waals surface area (Å²) in [5, 5.41) is 6.05. The van der Waals surface area contributed by atoms with Crippen molar-refractivity contribution in [3.05, 3.63) is 0 Å². The predicted molar refractivity (Wildman–Crippen MR) is 77.1 cm³/mol. The van der Waals surface area contributed by atoms with Crippen LogP contribution in [-0.2, 0) is 9.53 Å². The zero-order chi connectivity index (χ0) is 15.5. The minimum Gasteiger partial charge on any atom is -0.444 e. The number of nitrogens with two attached hydrogens (primary N) is 1. The number of carbonyl (C=O) groups excluding carboxylic acids is 2. The van der Waals surface area contributed by atoms with Crippen molar-refractivity contribution in [2.24, 2.45) is 11.7 Å². The maximum absolute atomic E-state index is 11.6. The van der Waals surface area contributed by atoms with E-state index in [1.807, 2.05) is 34.6 Å². The second-order valence-corrected chi connectivity index (χ2v) is 6.80. The van der Waals surface area contributed by atoms with E-state index in [2.05, 4.69) is 10.6 Å². The van der Waals surface area contributed by atoms with Gasteiger partial charge in [-0.3, -0.25) is 4.79 Å². The first-order valence-electron chi connectivity index (χ1n) is 7.13. The number of hydrogen-bond donors (Lipinski definition) is 3. The number of nitrogens with one attached hydrogen (secondary N) is 2. The molecule has 0 aliphatic heterocycles. The van der Waals surface area contributed by atoms with E-state index in [0.717, 1.165) is 12.8 Å². The molecule has 1 saturated carbocycles. The fraction of sp³-hybridized carbons (Fsp3) is 0.857. The van der Waals surface area contributed by atoms with E-state index in [9.17, 15) is 9.59 Å². The van der Waals surface area contributed by atoms with E-state index in [4.69, 9.17) is 10.5 Å². The zero-order valence-electron chi connectivity index (χ0n) is 13.0. The van der Waals surface area contributed by atoms with Crippen LogP contribution in [0.1, 0.15) is 47.5 Å². The van der Waals surface area contributed by atoms with Crippen molar-refractivity contribution < 1.29 is 14.3 Å². The standard InChI is InChI=1S/C14H27N3O3/c1-8(2)11(12(15)18)16-9-6-10(7-9)17-13(19)20-14(3,4)5/h8-11,16H,6-7H2,1-5H3,(H2,15,18)(H,17,19). The van der Waals surface area contributed by atoms with Crippen molar-refractivity contribution in [2.45, 2.75) is 71.2 Å². The normalized spacial score (nSPS) is 23.9. The molecule has 1 aliphatic carbocycles. The van der Waals surface area contributed by atoms with E-state index in [-0.39, 0.29) is 30.0 Å². The van der Waals surface area contributed by atoms with Crippen molar-refractivity contribution >= 4 is 12.0 Å². The van der Waals surface area contributed by atoms with Gasteiger partial charge in [-0.1, -0.05) is 13.8 Å². The monoisotopic (exact) mass is 285 g/mol. The van der Waals surface area contributed by atoms with Gasteiger partial charge in [-0.15, -0.1) is 0 Å². The Hall–Kier alpha value is -1.30. The molecule has 0 aromatic carbocycles. The predicted octanol–water partition coefficient (Wildman–Crippen LogP) is 1.14. The van der Waals surface area contributed by atoms with Gasteiger partial charge in [-0.2, -0.15) is 0 Å². The lowest BCUT2D eigenvalue weighted by Crippen LogP contribution is -2.58. The first-order valence-corrected chi connectivity index (χ1v) is 7.13. The van der Waals surface area contributed by atoms with Crippen LogP contribution < -0.4 is 16.4 Å². The van der Waals surface area contributed by atoms with Gasteiger partial charge in [0.15, 0.2) is 0 Å². The highest BCUT2D eigenvalue weighted by atomic mass is 16.6. The molecular formula is C14H27N3O3. The third-order valence-corrected chi connectivity index (χ3v) is 3.25.